The number of ether oxygens (including phenoxy) is 1. The van der Waals surface area contributed by atoms with E-state index < -0.39 is 11.9 Å². The molecule has 2 aromatic carbocycles. The molecule has 2 N–H and O–H groups in total. The second-order valence-electron chi connectivity index (χ2n) is 6.42. The largest absolute Gasteiger partial charge is 0.456 e. The molecule has 0 atom stereocenters. The minimum Gasteiger partial charge on any atom is -0.456 e. The van der Waals surface area contributed by atoms with Crippen LogP contribution in [-0.2, 0) is 27.2 Å². The van der Waals surface area contributed by atoms with Gasteiger partial charge < -0.3 is 15.0 Å². The van der Waals surface area contributed by atoms with E-state index in [9.17, 15) is 18.8 Å². The third-order valence-corrected chi connectivity index (χ3v) is 4.24. The lowest BCUT2D eigenvalue weighted by atomic mass is 10.1. The van der Waals surface area contributed by atoms with Gasteiger partial charge in [0.25, 0.3) is 11.5 Å². The van der Waals surface area contributed by atoms with Crippen molar-refractivity contribution in [1.82, 2.24) is 15.3 Å². The van der Waals surface area contributed by atoms with Crippen molar-refractivity contribution in [1.29, 1.82) is 0 Å². The normalized spacial score (nSPS) is 10.7. The van der Waals surface area contributed by atoms with Gasteiger partial charge in [-0.3, -0.25) is 14.4 Å². The molecule has 0 saturated heterocycles. The third kappa shape index (κ3) is 5.97. The summed E-state index contributed by atoms with van der Waals surface area (Å²) in [4.78, 5) is 42.5. The third-order valence-electron chi connectivity index (χ3n) is 4.24. The maximum Gasteiger partial charge on any atom is 0.306 e. The fourth-order valence-corrected chi connectivity index (χ4v) is 2.74. The second kappa shape index (κ2) is 9.59. The van der Waals surface area contributed by atoms with Gasteiger partial charge >= 0.3 is 5.97 Å². The molecule has 0 bridgehead atoms. The summed E-state index contributed by atoms with van der Waals surface area (Å²) in [7, 11) is 0. The molecule has 0 fully saturated rings. The van der Waals surface area contributed by atoms with E-state index in [1.54, 1.807) is 36.4 Å². The van der Waals surface area contributed by atoms with Gasteiger partial charge in [-0.25, -0.2) is 9.37 Å². The van der Waals surface area contributed by atoms with Gasteiger partial charge in [0.15, 0.2) is 6.61 Å². The van der Waals surface area contributed by atoms with Crippen molar-refractivity contribution < 1.29 is 18.7 Å². The summed E-state index contributed by atoms with van der Waals surface area (Å²) in [6, 6.07) is 12.9. The Balaban J connectivity index is 1.39. The number of amides is 1. The van der Waals surface area contributed by atoms with E-state index in [0.717, 1.165) is 5.56 Å². The standard InChI is InChI=1S/C21H20FN3O4/c22-15-7-5-14(6-8-15)11-12-23-19(26)13-29-20(27)10-9-18-24-17-4-2-1-3-16(17)21(28)25-18/h1-8H,9-13H2,(H,23,26)(H,24,25,28). The Morgan fingerprint density at radius 2 is 1.83 bits per heavy atom. The van der Waals surface area contributed by atoms with Gasteiger partial charge in [-0.15, -0.1) is 0 Å². The molecule has 0 unspecified atom stereocenters. The maximum absolute atomic E-state index is 12.8. The molecular formula is C21H20FN3O4. The van der Waals surface area contributed by atoms with Crippen LogP contribution in [0.5, 0.6) is 0 Å². The molecule has 1 aromatic heterocycles. The number of halogens is 1. The monoisotopic (exact) mass is 397 g/mol. The first kappa shape index (κ1) is 20.2. The predicted molar refractivity (Wildman–Crippen MR) is 105 cm³/mol. The van der Waals surface area contributed by atoms with Crippen LogP contribution in [0.1, 0.15) is 17.8 Å². The van der Waals surface area contributed by atoms with E-state index in [1.165, 1.54) is 12.1 Å². The lowest BCUT2D eigenvalue weighted by Gasteiger charge is -2.07. The average molecular weight is 397 g/mol. The number of fused-ring (bicyclic) bond motifs is 1. The zero-order chi connectivity index (χ0) is 20.6. The summed E-state index contributed by atoms with van der Waals surface area (Å²) in [6.07, 6.45) is 0.732. The van der Waals surface area contributed by atoms with Crippen LogP contribution in [0.4, 0.5) is 4.39 Å². The van der Waals surface area contributed by atoms with E-state index in [1.807, 2.05) is 0 Å². The van der Waals surface area contributed by atoms with E-state index in [-0.39, 0.29) is 30.8 Å². The van der Waals surface area contributed by atoms with Gasteiger partial charge in [-0.05, 0) is 36.2 Å². The topological polar surface area (TPSA) is 101 Å². The highest BCUT2D eigenvalue weighted by Gasteiger charge is 2.10. The van der Waals surface area contributed by atoms with Crippen LogP contribution in [0, 0.1) is 5.82 Å². The minimum atomic E-state index is -0.561. The number of hydrogen-bond donors (Lipinski definition) is 2. The van der Waals surface area contributed by atoms with Crippen LogP contribution < -0.4 is 10.9 Å². The lowest BCUT2D eigenvalue weighted by molar-refractivity contribution is -0.148. The second-order valence-corrected chi connectivity index (χ2v) is 6.42. The van der Waals surface area contributed by atoms with E-state index in [4.69, 9.17) is 4.74 Å². The fraction of sp³-hybridized carbons (Fsp3) is 0.238. The molecule has 7 nitrogen and oxygen atoms in total. The highest BCUT2D eigenvalue weighted by atomic mass is 19.1. The van der Waals surface area contributed by atoms with Crippen LogP contribution in [-0.4, -0.2) is 35.0 Å². The first-order valence-corrected chi connectivity index (χ1v) is 9.16. The molecule has 0 aliphatic rings. The molecule has 8 heteroatoms. The number of nitrogens with one attached hydrogen (secondary N) is 2. The van der Waals surface area contributed by atoms with Crippen molar-refractivity contribution in [2.75, 3.05) is 13.2 Å². The van der Waals surface area contributed by atoms with Crippen molar-refractivity contribution in [3.05, 3.63) is 76.1 Å². The van der Waals surface area contributed by atoms with Crippen molar-refractivity contribution in [3.63, 3.8) is 0 Å². The summed E-state index contributed by atoms with van der Waals surface area (Å²) in [6.45, 7) is -0.0335. The van der Waals surface area contributed by atoms with Crippen molar-refractivity contribution >= 4 is 22.8 Å². The zero-order valence-corrected chi connectivity index (χ0v) is 15.6. The highest BCUT2D eigenvalue weighted by molar-refractivity contribution is 5.80. The number of para-hydroxylation sites is 1. The lowest BCUT2D eigenvalue weighted by Crippen LogP contribution is -2.30. The first-order valence-electron chi connectivity index (χ1n) is 9.16. The van der Waals surface area contributed by atoms with Crippen molar-refractivity contribution in [2.24, 2.45) is 0 Å². The summed E-state index contributed by atoms with van der Waals surface area (Å²) in [5.41, 5.74) is 1.18. The fourth-order valence-electron chi connectivity index (χ4n) is 2.74. The Labute approximate surface area is 165 Å². The summed E-state index contributed by atoms with van der Waals surface area (Å²) in [5, 5.41) is 3.12. The van der Waals surface area contributed by atoms with Gasteiger partial charge in [0.05, 0.1) is 17.3 Å². The van der Waals surface area contributed by atoms with Crippen LogP contribution in [0.25, 0.3) is 10.9 Å². The Kier molecular flexibility index (Phi) is 6.67. The van der Waals surface area contributed by atoms with Crippen LogP contribution in [0.3, 0.4) is 0 Å². The molecule has 150 valence electrons. The van der Waals surface area contributed by atoms with Crippen LogP contribution in [0.15, 0.2) is 53.3 Å². The Morgan fingerprint density at radius 1 is 1.07 bits per heavy atom. The van der Waals surface area contributed by atoms with E-state index >= 15 is 0 Å². The molecule has 0 spiro atoms. The average Bonchev–Trinajstić information content (AvgIpc) is 2.72. The summed E-state index contributed by atoms with van der Waals surface area (Å²) < 4.78 is 17.8. The van der Waals surface area contributed by atoms with Crippen molar-refractivity contribution in [3.8, 4) is 0 Å². The Bertz CT molecular complexity index is 1060. The molecule has 0 saturated carbocycles. The summed E-state index contributed by atoms with van der Waals surface area (Å²) >= 11 is 0. The quantitative estimate of drug-likeness (QED) is 0.566. The molecular weight excluding hydrogens is 377 g/mol. The van der Waals surface area contributed by atoms with Gasteiger partial charge in [0.2, 0.25) is 0 Å². The maximum atomic E-state index is 12.8. The minimum absolute atomic E-state index is 0.00978. The van der Waals surface area contributed by atoms with Gasteiger partial charge in [-0.2, -0.15) is 0 Å². The number of aromatic amines is 1. The molecule has 3 rings (SSSR count). The van der Waals surface area contributed by atoms with E-state index in [0.29, 0.717) is 29.7 Å². The number of aryl methyl sites for hydroxylation is 1. The highest BCUT2D eigenvalue weighted by Crippen LogP contribution is 2.07. The van der Waals surface area contributed by atoms with Gasteiger partial charge in [0.1, 0.15) is 11.6 Å². The zero-order valence-electron chi connectivity index (χ0n) is 15.6. The van der Waals surface area contributed by atoms with Gasteiger partial charge in [0, 0.05) is 13.0 Å². The number of carbonyl (C=O) groups excluding carboxylic acids is 2. The molecule has 29 heavy (non-hydrogen) atoms. The molecule has 0 aliphatic carbocycles. The van der Waals surface area contributed by atoms with Crippen LogP contribution in [0.2, 0.25) is 0 Å². The van der Waals surface area contributed by atoms with Gasteiger partial charge in [-0.1, -0.05) is 24.3 Å². The number of hydrogen-bond acceptors (Lipinski definition) is 5. The number of H-pyrrole nitrogens is 1. The number of aromatic nitrogens is 2. The Hall–Kier alpha value is -3.55. The molecule has 0 aliphatic heterocycles. The molecule has 0 radical (unpaired) electrons. The number of rotatable bonds is 8. The number of nitrogens with zero attached hydrogens (tertiary/aromatic N) is 1. The molecule has 3 aromatic rings. The Morgan fingerprint density at radius 3 is 2.62 bits per heavy atom. The SMILES string of the molecule is O=C(COC(=O)CCc1nc2ccccc2c(=O)[nH]1)NCCc1ccc(F)cc1. The number of carbonyl (C=O) groups is 2. The van der Waals surface area contributed by atoms with E-state index in [2.05, 4.69) is 15.3 Å². The number of benzene rings is 2. The van der Waals surface area contributed by atoms with Crippen LogP contribution >= 0.6 is 0 Å². The van der Waals surface area contributed by atoms with Crippen molar-refractivity contribution in [2.45, 2.75) is 19.3 Å². The molecule has 1 heterocycles. The smallest absolute Gasteiger partial charge is 0.306 e. The number of esters is 1. The summed E-state index contributed by atoms with van der Waals surface area (Å²) in [5.74, 6) is -0.908. The molecule has 1 amide bonds. The first-order chi connectivity index (χ1) is 14.0. The predicted octanol–water partition coefficient (Wildman–Crippen LogP) is 1.90.